The largest absolute Gasteiger partial charge is 0.336 e. The van der Waals surface area contributed by atoms with Gasteiger partial charge in [0.15, 0.2) is 0 Å². The first kappa shape index (κ1) is 17.1. The third-order valence-corrected chi connectivity index (χ3v) is 5.28. The Morgan fingerprint density at radius 3 is 2.58 bits per heavy atom. The second-order valence-electron chi connectivity index (χ2n) is 6.55. The van der Waals surface area contributed by atoms with Crippen molar-refractivity contribution in [3.8, 4) is 0 Å². The van der Waals surface area contributed by atoms with Gasteiger partial charge in [-0.2, -0.15) is 0 Å². The second kappa shape index (κ2) is 7.48. The minimum absolute atomic E-state index is 0.0304. The van der Waals surface area contributed by atoms with Crippen LogP contribution in [0.2, 0.25) is 0 Å². The molecule has 1 saturated heterocycles. The number of fused-ring (bicyclic) bond motifs is 1. The molecule has 0 N–H and O–H groups in total. The van der Waals surface area contributed by atoms with Crippen LogP contribution in [0.15, 0.2) is 61.1 Å². The summed E-state index contributed by atoms with van der Waals surface area (Å²) in [5.74, 6) is 0.0481. The average Bonchev–Trinajstić information content (AvgIpc) is 3.17. The highest BCUT2D eigenvalue weighted by Crippen LogP contribution is 2.22. The lowest BCUT2D eigenvalue weighted by Gasteiger charge is -2.35. The summed E-state index contributed by atoms with van der Waals surface area (Å²) in [6.45, 7) is 3.88. The van der Waals surface area contributed by atoms with Crippen molar-refractivity contribution >= 4 is 23.2 Å². The number of carbonyl (C=O) groups is 1. The summed E-state index contributed by atoms with van der Waals surface area (Å²) in [4.78, 5) is 21.4. The standard InChI is InChI=1S/C20H21ClN4O/c21-18(16-5-2-1-3-6-16)15-23-11-13-25(14-12-23)20(26)17-7-4-9-24-10-8-22-19(17)24/h1-10,18H,11-15H2. The molecule has 0 bridgehead atoms. The fraction of sp³-hybridized carbons (Fsp3) is 0.300. The van der Waals surface area contributed by atoms with E-state index in [0.717, 1.165) is 25.2 Å². The van der Waals surface area contributed by atoms with Crippen molar-refractivity contribution in [3.05, 3.63) is 72.2 Å². The van der Waals surface area contributed by atoms with Crippen molar-refractivity contribution < 1.29 is 4.79 Å². The molecule has 4 rings (SSSR count). The molecule has 134 valence electrons. The minimum Gasteiger partial charge on any atom is -0.336 e. The van der Waals surface area contributed by atoms with Crippen LogP contribution >= 0.6 is 11.6 Å². The molecule has 1 unspecified atom stereocenters. The third kappa shape index (κ3) is 3.45. The molecule has 1 aliphatic rings. The van der Waals surface area contributed by atoms with Crippen LogP contribution in [0.1, 0.15) is 21.3 Å². The summed E-state index contributed by atoms with van der Waals surface area (Å²) in [6.07, 6.45) is 5.48. The van der Waals surface area contributed by atoms with E-state index in [1.807, 2.05) is 52.0 Å². The number of imidazole rings is 1. The van der Waals surface area contributed by atoms with Crippen LogP contribution in [0.3, 0.4) is 0 Å². The lowest BCUT2D eigenvalue weighted by molar-refractivity contribution is 0.0638. The van der Waals surface area contributed by atoms with E-state index in [2.05, 4.69) is 22.0 Å². The van der Waals surface area contributed by atoms with Gasteiger partial charge < -0.3 is 9.30 Å². The maximum Gasteiger partial charge on any atom is 0.257 e. The van der Waals surface area contributed by atoms with Crippen molar-refractivity contribution in [1.29, 1.82) is 0 Å². The fourth-order valence-corrected chi connectivity index (χ4v) is 3.75. The molecule has 1 aromatic carbocycles. The van der Waals surface area contributed by atoms with E-state index in [-0.39, 0.29) is 11.3 Å². The molecule has 2 aromatic heterocycles. The van der Waals surface area contributed by atoms with Crippen molar-refractivity contribution in [1.82, 2.24) is 19.2 Å². The SMILES string of the molecule is O=C(c1cccn2ccnc12)N1CCN(CC(Cl)c2ccccc2)CC1. The van der Waals surface area contributed by atoms with Crippen LogP contribution in [0, 0.1) is 0 Å². The van der Waals surface area contributed by atoms with Gasteiger partial charge in [-0.05, 0) is 17.7 Å². The molecular weight excluding hydrogens is 348 g/mol. The number of piperazine rings is 1. The van der Waals surface area contributed by atoms with Gasteiger partial charge in [0.1, 0.15) is 5.65 Å². The number of pyridine rings is 1. The zero-order chi connectivity index (χ0) is 17.9. The number of nitrogens with zero attached hydrogens (tertiary/aromatic N) is 4. The predicted molar refractivity (Wildman–Crippen MR) is 103 cm³/mol. The molecule has 0 saturated carbocycles. The van der Waals surface area contributed by atoms with Gasteiger partial charge in [0.05, 0.1) is 10.9 Å². The van der Waals surface area contributed by atoms with Gasteiger partial charge >= 0.3 is 0 Å². The molecule has 0 aliphatic carbocycles. The Morgan fingerprint density at radius 1 is 1.04 bits per heavy atom. The van der Waals surface area contributed by atoms with Gasteiger partial charge in [-0.25, -0.2) is 4.98 Å². The highest BCUT2D eigenvalue weighted by Gasteiger charge is 2.25. The van der Waals surface area contributed by atoms with Gasteiger partial charge in [0.2, 0.25) is 0 Å². The number of benzene rings is 1. The Labute approximate surface area is 157 Å². The maximum atomic E-state index is 12.9. The van der Waals surface area contributed by atoms with Gasteiger partial charge in [-0.1, -0.05) is 30.3 Å². The van der Waals surface area contributed by atoms with Crippen molar-refractivity contribution in [3.63, 3.8) is 0 Å². The Bertz CT molecular complexity index is 887. The molecule has 3 heterocycles. The smallest absolute Gasteiger partial charge is 0.257 e. The van der Waals surface area contributed by atoms with Crippen LogP contribution in [-0.2, 0) is 0 Å². The van der Waals surface area contributed by atoms with Crippen molar-refractivity contribution in [2.75, 3.05) is 32.7 Å². The second-order valence-corrected chi connectivity index (χ2v) is 7.08. The number of halogens is 1. The highest BCUT2D eigenvalue weighted by atomic mass is 35.5. The molecule has 0 radical (unpaired) electrons. The predicted octanol–water partition coefficient (Wildman–Crippen LogP) is 3.07. The zero-order valence-electron chi connectivity index (χ0n) is 14.5. The number of aromatic nitrogens is 2. The molecule has 1 atom stereocenters. The lowest BCUT2D eigenvalue weighted by atomic mass is 10.1. The summed E-state index contributed by atoms with van der Waals surface area (Å²) >= 11 is 6.55. The average molecular weight is 369 g/mol. The van der Waals surface area contributed by atoms with Gasteiger partial charge in [0, 0.05) is 51.3 Å². The Balaban J connectivity index is 1.37. The summed E-state index contributed by atoms with van der Waals surface area (Å²) in [5.41, 5.74) is 2.51. The van der Waals surface area contributed by atoms with Crippen LogP contribution in [0.25, 0.3) is 5.65 Å². The van der Waals surface area contributed by atoms with Crippen molar-refractivity contribution in [2.45, 2.75) is 5.38 Å². The summed E-state index contributed by atoms with van der Waals surface area (Å²) in [5, 5.41) is -0.0304. The molecule has 1 fully saturated rings. The van der Waals surface area contributed by atoms with Crippen LogP contribution in [-0.4, -0.2) is 57.8 Å². The van der Waals surface area contributed by atoms with Gasteiger partial charge in [0.25, 0.3) is 5.91 Å². The first-order valence-electron chi connectivity index (χ1n) is 8.85. The summed E-state index contributed by atoms with van der Waals surface area (Å²) in [7, 11) is 0. The van der Waals surface area contributed by atoms with E-state index < -0.39 is 0 Å². The van der Waals surface area contributed by atoms with Gasteiger partial charge in [-0.3, -0.25) is 9.69 Å². The first-order valence-corrected chi connectivity index (χ1v) is 9.28. The molecule has 5 nitrogen and oxygen atoms in total. The quantitative estimate of drug-likeness (QED) is 0.664. The number of hydrogen-bond acceptors (Lipinski definition) is 3. The maximum absolute atomic E-state index is 12.9. The fourth-order valence-electron chi connectivity index (χ4n) is 3.41. The molecule has 1 amide bonds. The van der Waals surface area contributed by atoms with E-state index in [1.165, 1.54) is 0 Å². The van der Waals surface area contributed by atoms with Crippen LogP contribution in [0.5, 0.6) is 0 Å². The minimum atomic E-state index is -0.0304. The summed E-state index contributed by atoms with van der Waals surface area (Å²) in [6, 6.07) is 13.9. The van der Waals surface area contributed by atoms with E-state index in [9.17, 15) is 4.79 Å². The summed E-state index contributed by atoms with van der Waals surface area (Å²) < 4.78 is 1.88. The number of rotatable bonds is 4. The number of hydrogen-bond donors (Lipinski definition) is 0. The third-order valence-electron chi connectivity index (χ3n) is 4.89. The van der Waals surface area contributed by atoms with Gasteiger partial charge in [-0.15, -0.1) is 11.6 Å². The number of amides is 1. The van der Waals surface area contributed by atoms with Crippen LogP contribution in [0.4, 0.5) is 0 Å². The Morgan fingerprint density at radius 2 is 1.81 bits per heavy atom. The molecule has 26 heavy (non-hydrogen) atoms. The molecular formula is C20H21ClN4O. The molecule has 0 spiro atoms. The van der Waals surface area contributed by atoms with E-state index in [4.69, 9.17) is 11.6 Å². The molecule has 1 aliphatic heterocycles. The topological polar surface area (TPSA) is 40.9 Å². The number of alkyl halides is 1. The molecule has 3 aromatic rings. The van der Waals surface area contributed by atoms with E-state index >= 15 is 0 Å². The van der Waals surface area contributed by atoms with E-state index in [1.54, 1.807) is 6.20 Å². The molecule has 6 heteroatoms. The Kier molecular flexibility index (Phi) is 4.91. The normalized spacial score (nSPS) is 16.7. The Hall–Kier alpha value is -2.37. The van der Waals surface area contributed by atoms with Crippen molar-refractivity contribution in [2.24, 2.45) is 0 Å². The zero-order valence-corrected chi connectivity index (χ0v) is 15.2. The highest BCUT2D eigenvalue weighted by molar-refractivity contribution is 6.21. The monoisotopic (exact) mass is 368 g/mol. The lowest BCUT2D eigenvalue weighted by Crippen LogP contribution is -2.49. The van der Waals surface area contributed by atoms with E-state index in [0.29, 0.717) is 24.3 Å². The van der Waals surface area contributed by atoms with Crippen LogP contribution < -0.4 is 0 Å². The first-order chi connectivity index (χ1) is 12.7. The number of carbonyl (C=O) groups excluding carboxylic acids is 1.